The van der Waals surface area contributed by atoms with Gasteiger partial charge in [-0.25, -0.2) is 13.8 Å². The molecule has 0 N–H and O–H groups in total. The molecule has 7 heteroatoms. The summed E-state index contributed by atoms with van der Waals surface area (Å²) in [5, 5.41) is 0.881. The lowest BCUT2D eigenvalue weighted by atomic mass is 9.89. The number of anilines is 1. The molecule has 0 radical (unpaired) electrons. The van der Waals surface area contributed by atoms with Gasteiger partial charge in [-0.05, 0) is 38.8 Å². The Morgan fingerprint density at radius 3 is 2.74 bits per heavy atom. The zero-order valence-electron chi connectivity index (χ0n) is 17.9. The zero-order chi connectivity index (χ0) is 22.1. The minimum atomic E-state index is -0.638. The van der Waals surface area contributed by atoms with Crippen molar-refractivity contribution >= 4 is 34.3 Å². The molecule has 31 heavy (non-hydrogen) atoms. The monoisotopic (exact) mass is 441 g/mol. The molecule has 4 rings (SSSR count). The summed E-state index contributed by atoms with van der Waals surface area (Å²) in [4.78, 5) is 25.3. The first-order chi connectivity index (χ1) is 14.9. The molecule has 0 aliphatic carbocycles. The van der Waals surface area contributed by atoms with Gasteiger partial charge in [-0.3, -0.25) is 14.7 Å². The van der Waals surface area contributed by atoms with Crippen molar-refractivity contribution in [2.45, 2.75) is 46.1 Å². The van der Waals surface area contributed by atoms with Gasteiger partial charge >= 0.3 is 0 Å². The lowest BCUT2D eigenvalue weighted by Gasteiger charge is -2.32. The molecular weight excluding hydrogens is 416 g/mol. The van der Waals surface area contributed by atoms with Crippen molar-refractivity contribution in [1.29, 1.82) is 0 Å². The number of carbonyl (C=O) groups excluding carboxylic acids is 1. The number of aryl methyl sites for hydroxylation is 1. The van der Waals surface area contributed by atoms with Gasteiger partial charge in [0.25, 0.3) is 0 Å². The first-order valence-corrected chi connectivity index (χ1v) is 11.4. The molecule has 1 saturated heterocycles. The van der Waals surface area contributed by atoms with Crippen molar-refractivity contribution < 1.29 is 13.6 Å². The van der Waals surface area contributed by atoms with Gasteiger partial charge in [-0.15, -0.1) is 11.3 Å². The average molecular weight is 442 g/mol. The largest absolute Gasteiger partial charge is 0.295 e. The normalized spacial score (nSPS) is 21.7. The molecule has 2 aliphatic heterocycles. The molecule has 2 atom stereocenters. The lowest BCUT2D eigenvalue weighted by Crippen LogP contribution is -2.46. The molecule has 0 spiro atoms. The average Bonchev–Trinajstić information content (AvgIpc) is 3.33. The Labute approximate surface area is 185 Å². The summed E-state index contributed by atoms with van der Waals surface area (Å²) in [5.41, 5.74) is 1.27. The summed E-state index contributed by atoms with van der Waals surface area (Å²) < 4.78 is 28.5. The van der Waals surface area contributed by atoms with E-state index in [1.165, 1.54) is 18.2 Å². The second-order valence-corrected chi connectivity index (χ2v) is 8.99. The van der Waals surface area contributed by atoms with Crippen molar-refractivity contribution in [2.24, 2.45) is 10.9 Å². The van der Waals surface area contributed by atoms with Crippen LogP contribution in [-0.2, 0) is 4.79 Å². The Morgan fingerprint density at radius 1 is 1.32 bits per heavy atom. The Balaban J connectivity index is 1.58. The zero-order valence-corrected chi connectivity index (χ0v) is 18.7. The number of amides is 1. The number of nitrogens with zero attached hydrogens (tertiary/aromatic N) is 3. The number of halogens is 2. The van der Waals surface area contributed by atoms with Crippen molar-refractivity contribution in [3.63, 3.8) is 0 Å². The highest BCUT2D eigenvalue weighted by Gasteiger charge is 2.43. The first kappa shape index (κ1) is 21.6. The van der Waals surface area contributed by atoms with Gasteiger partial charge in [0.05, 0.1) is 17.5 Å². The number of rotatable bonds is 5. The number of fused-ring (bicyclic) bond motifs is 1. The van der Waals surface area contributed by atoms with Crippen LogP contribution in [0.15, 0.2) is 41.4 Å². The molecule has 0 saturated carbocycles. The number of carbonyl (C=O) groups is 1. The molecular formula is C24H25F2N3OS. The van der Waals surface area contributed by atoms with E-state index in [1.54, 1.807) is 16.2 Å². The van der Waals surface area contributed by atoms with E-state index in [1.807, 2.05) is 19.9 Å². The van der Waals surface area contributed by atoms with E-state index in [0.717, 1.165) is 21.9 Å². The second kappa shape index (κ2) is 8.83. The van der Waals surface area contributed by atoms with E-state index in [4.69, 9.17) is 4.98 Å². The Bertz CT molecular complexity index is 1080. The molecule has 162 valence electrons. The van der Waals surface area contributed by atoms with Gasteiger partial charge in [-0.1, -0.05) is 31.2 Å². The molecule has 3 heterocycles. The number of benzene rings is 1. The summed E-state index contributed by atoms with van der Waals surface area (Å²) in [6, 6.07) is 3.54. The lowest BCUT2D eigenvalue weighted by molar-refractivity contribution is -0.123. The SMILES string of the molecule is CC=C(C=CCC)c1nc(N2CCC3N=C(c4c(F)cccc4F)CC3C2=O)c(C)s1. The smallest absolute Gasteiger partial charge is 0.233 e. The molecule has 1 fully saturated rings. The first-order valence-electron chi connectivity index (χ1n) is 10.6. The summed E-state index contributed by atoms with van der Waals surface area (Å²) in [6.07, 6.45) is 7.98. The van der Waals surface area contributed by atoms with Crippen molar-refractivity contribution in [3.8, 4) is 0 Å². The van der Waals surface area contributed by atoms with Crippen molar-refractivity contribution in [1.82, 2.24) is 4.98 Å². The maximum absolute atomic E-state index is 14.2. The Hall–Kier alpha value is -2.67. The fourth-order valence-corrected chi connectivity index (χ4v) is 5.20. The third-order valence-electron chi connectivity index (χ3n) is 5.80. The number of aromatic nitrogens is 1. The minimum absolute atomic E-state index is 0.0715. The topological polar surface area (TPSA) is 45.6 Å². The third-order valence-corrected chi connectivity index (χ3v) is 6.81. The number of hydrogen-bond acceptors (Lipinski definition) is 4. The van der Waals surface area contributed by atoms with Crippen molar-refractivity contribution in [2.75, 3.05) is 11.4 Å². The number of thiazole rings is 1. The van der Waals surface area contributed by atoms with Crippen LogP contribution < -0.4 is 4.90 Å². The van der Waals surface area contributed by atoms with Crippen molar-refractivity contribution in [3.05, 3.63) is 63.5 Å². The fraction of sp³-hybridized carbons (Fsp3) is 0.375. The molecule has 2 aliphatic rings. The molecule has 4 nitrogen and oxygen atoms in total. The predicted octanol–water partition coefficient (Wildman–Crippen LogP) is 5.71. The minimum Gasteiger partial charge on any atom is -0.295 e. The quantitative estimate of drug-likeness (QED) is 0.558. The summed E-state index contributed by atoms with van der Waals surface area (Å²) in [7, 11) is 0. The standard InChI is InChI=1S/C24H25F2N3OS/c1-4-6-8-15(5-2)23-28-22(14(3)31-23)29-12-11-19-16(24(29)30)13-20(27-19)21-17(25)9-7-10-18(21)26/h5-10,16,19H,4,11-13H2,1-3H3. The van der Waals surface area contributed by atoms with E-state index < -0.39 is 17.6 Å². The maximum atomic E-state index is 14.2. The van der Waals surface area contributed by atoms with Crippen LogP contribution in [0.3, 0.4) is 0 Å². The van der Waals surface area contributed by atoms with Gasteiger partial charge in [0, 0.05) is 29.1 Å². The highest BCUT2D eigenvalue weighted by Crippen LogP contribution is 2.38. The van der Waals surface area contributed by atoms with E-state index >= 15 is 0 Å². The second-order valence-electron chi connectivity index (χ2n) is 7.78. The van der Waals surface area contributed by atoms with E-state index in [9.17, 15) is 13.6 Å². The van der Waals surface area contributed by atoms with Crippen LogP contribution in [0, 0.1) is 24.5 Å². The van der Waals surface area contributed by atoms with Gasteiger partial charge < -0.3 is 0 Å². The summed E-state index contributed by atoms with van der Waals surface area (Å²) in [5.74, 6) is -1.08. The van der Waals surface area contributed by atoms with Crippen LogP contribution in [0.1, 0.15) is 48.6 Å². The molecule has 1 aromatic carbocycles. The third kappa shape index (κ3) is 3.99. The predicted molar refractivity (Wildman–Crippen MR) is 122 cm³/mol. The molecule has 1 aromatic heterocycles. The highest BCUT2D eigenvalue weighted by molar-refractivity contribution is 7.13. The van der Waals surface area contributed by atoms with E-state index in [2.05, 4.69) is 24.1 Å². The van der Waals surface area contributed by atoms with Crippen LogP contribution in [0.5, 0.6) is 0 Å². The van der Waals surface area contributed by atoms with E-state index in [-0.39, 0.29) is 23.9 Å². The van der Waals surface area contributed by atoms with Gasteiger partial charge in [0.1, 0.15) is 22.5 Å². The summed E-state index contributed by atoms with van der Waals surface area (Å²) in [6.45, 7) is 6.52. The van der Waals surface area contributed by atoms with Crippen LogP contribution in [0.4, 0.5) is 14.6 Å². The van der Waals surface area contributed by atoms with Crippen LogP contribution >= 0.6 is 11.3 Å². The number of aliphatic imine (C=N–C) groups is 1. The van der Waals surface area contributed by atoms with Gasteiger partial charge in [0.2, 0.25) is 5.91 Å². The van der Waals surface area contributed by atoms with E-state index in [0.29, 0.717) is 24.5 Å². The van der Waals surface area contributed by atoms with Crippen LogP contribution in [0.2, 0.25) is 0 Å². The summed E-state index contributed by atoms with van der Waals surface area (Å²) >= 11 is 1.57. The molecule has 2 aromatic rings. The number of piperidine rings is 1. The Kier molecular flexibility index (Phi) is 6.14. The van der Waals surface area contributed by atoms with Gasteiger partial charge in [-0.2, -0.15) is 0 Å². The molecule has 2 unspecified atom stereocenters. The molecule has 0 bridgehead atoms. The number of hydrogen-bond donors (Lipinski definition) is 0. The maximum Gasteiger partial charge on any atom is 0.233 e. The Morgan fingerprint density at radius 2 is 2.06 bits per heavy atom. The van der Waals surface area contributed by atoms with Crippen LogP contribution in [0.25, 0.3) is 5.57 Å². The molecule has 1 amide bonds. The van der Waals surface area contributed by atoms with Gasteiger partial charge in [0.15, 0.2) is 0 Å². The van der Waals surface area contributed by atoms with Crippen LogP contribution in [-0.4, -0.2) is 29.2 Å². The fourth-order valence-electron chi connectivity index (χ4n) is 4.23. The highest BCUT2D eigenvalue weighted by atomic mass is 32.1. The number of allylic oxidation sites excluding steroid dienone is 4.